The van der Waals surface area contributed by atoms with Gasteiger partial charge < -0.3 is 9.47 Å². The fourth-order valence-electron chi connectivity index (χ4n) is 3.23. The van der Waals surface area contributed by atoms with E-state index in [2.05, 4.69) is 20.5 Å². The van der Waals surface area contributed by atoms with E-state index in [-0.39, 0.29) is 16.3 Å². The van der Waals surface area contributed by atoms with Crippen LogP contribution in [-0.4, -0.2) is 34.5 Å². The molecular formula is C24H21FN4O3S2. The summed E-state index contributed by atoms with van der Waals surface area (Å²) in [5, 5.41) is 11.2. The molecule has 0 atom stereocenters. The van der Waals surface area contributed by atoms with Crippen molar-refractivity contribution < 1.29 is 18.7 Å². The first-order valence-corrected chi connectivity index (χ1v) is 12.2. The van der Waals surface area contributed by atoms with Crippen molar-refractivity contribution in [2.45, 2.75) is 18.4 Å². The fourth-order valence-corrected chi connectivity index (χ4v) is 4.23. The number of hydrogen-bond acceptors (Lipinski definition) is 8. The Bertz CT molecular complexity index is 1310. The zero-order valence-corrected chi connectivity index (χ0v) is 20.3. The van der Waals surface area contributed by atoms with Crippen LogP contribution in [0.2, 0.25) is 0 Å². The minimum absolute atomic E-state index is 0.181. The third-order valence-corrected chi connectivity index (χ3v) is 6.39. The minimum atomic E-state index is -0.504. The van der Waals surface area contributed by atoms with Crippen LogP contribution in [0.4, 0.5) is 9.52 Å². The second-order valence-electron chi connectivity index (χ2n) is 7.15. The van der Waals surface area contributed by atoms with Crippen LogP contribution in [0.5, 0.6) is 10.9 Å². The highest BCUT2D eigenvalue weighted by Crippen LogP contribution is 2.35. The number of aryl methyl sites for hydroxylation is 1. The van der Waals surface area contributed by atoms with E-state index in [0.29, 0.717) is 28.8 Å². The predicted molar refractivity (Wildman–Crippen MR) is 131 cm³/mol. The van der Waals surface area contributed by atoms with Crippen LogP contribution < -0.4 is 14.8 Å². The summed E-state index contributed by atoms with van der Waals surface area (Å²) < 4.78 is 25.7. The molecule has 0 bridgehead atoms. The quantitative estimate of drug-likeness (QED) is 0.317. The molecule has 0 saturated carbocycles. The van der Waals surface area contributed by atoms with Crippen molar-refractivity contribution in [2.24, 2.45) is 0 Å². The lowest BCUT2D eigenvalue weighted by Crippen LogP contribution is -2.14. The summed E-state index contributed by atoms with van der Waals surface area (Å²) in [6.07, 6.45) is 3.42. The van der Waals surface area contributed by atoms with Crippen LogP contribution in [0.25, 0.3) is 11.1 Å². The SMILES string of the molecule is COc1cccc(F)c1-c1cc(C)ncc1C(=O)Nc1nnc(OCc2ccc(SC)cc2)s1. The van der Waals surface area contributed by atoms with Crippen molar-refractivity contribution in [2.75, 3.05) is 18.7 Å². The van der Waals surface area contributed by atoms with Gasteiger partial charge in [0.05, 0.1) is 18.2 Å². The summed E-state index contributed by atoms with van der Waals surface area (Å²) >= 11 is 2.77. The lowest BCUT2D eigenvalue weighted by Gasteiger charge is -2.14. The van der Waals surface area contributed by atoms with Crippen LogP contribution in [0, 0.1) is 12.7 Å². The Balaban J connectivity index is 1.51. The van der Waals surface area contributed by atoms with E-state index in [9.17, 15) is 9.18 Å². The molecule has 4 rings (SSSR count). The van der Waals surface area contributed by atoms with Crippen LogP contribution in [0.1, 0.15) is 21.6 Å². The summed E-state index contributed by atoms with van der Waals surface area (Å²) in [5.74, 6) is -0.684. The molecule has 0 saturated heterocycles. The number of ether oxygens (including phenoxy) is 2. The van der Waals surface area contributed by atoms with E-state index >= 15 is 0 Å². The van der Waals surface area contributed by atoms with Gasteiger partial charge in [-0.05, 0) is 60.4 Å². The number of amides is 1. The lowest BCUT2D eigenvalue weighted by molar-refractivity contribution is 0.102. The van der Waals surface area contributed by atoms with Gasteiger partial charge in [0.25, 0.3) is 11.1 Å². The topological polar surface area (TPSA) is 86.2 Å². The first-order chi connectivity index (χ1) is 16.5. The van der Waals surface area contributed by atoms with Gasteiger partial charge in [0.15, 0.2) is 0 Å². The van der Waals surface area contributed by atoms with Crippen molar-refractivity contribution in [3.8, 4) is 22.1 Å². The Morgan fingerprint density at radius 3 is 2.71 bits per heavy atom. The number of rotatable bonds is 8. The number of carbonyl (C=O) groups is 1. The van der Waals surface area contributed by atoms with Crippen molar-refractivity contribution in [3.63, 3.8) is 0 Å². The number of anilines is 1. The smallest absolute Gasteiger partial charge is 0.296 e. The van der Waals surface area contributed by atoms with Crippen LogP contribution in [0.15, 0.2) is 59.6 Å². The Labute approximate surface area is 204 Å². The van der Waals surface area contributed by atoms with E-state index in [1.54, 1.807) is 36.9 Å². The number of methoxy groups -OCH3 is 1. The zero-order valence-electron chi connectivity index (χ0n) is 18.7. The van der Waals surface area contributed by atoms with Gasteiger partial charge in [0.2, 0.25) is 5.13 Å². The highest BCUT2D eigenvalue weighted by Gasteiger charge is 2.21. The van der Waals surface area contributed by atoms with Gasteiger partial charge in [0, 0.05) is 22.3 Å². The second kappa shape index (κ2) is 10.6. The molecule has 1 amide bonds. The third-order valence-electron chi connectivity index (χ3n) is 4.90. The molecule has 4 aromatic rings. The van der Waals surface area contributed by atoms with E-state index in [1.165, 1.54) is 24.3 Å². The summed E-state index contributed by atoms with van der Waals surface area (Å²) in [5.41, 5.74) is 2.37. The largest absolute Gasteiger partial charge is 0.496 e. The van der Waals surface area contributed by atoms with Gasteiger partial charge in [-0.3, -0.25) is 15.1 Å². The van der Waals surface area contributed by atoms with Crippen LogP contribution >= 0.6 is 23.1 Å². The molecule has 174 valence electrons. The number of carbonyl (C=O) groups excluding carboxylic acids is 1. The molecule has 0 aliphatic carbocycles. The van der Waals surface area contributed by atoms with Crippen molar-refractivity contribution in [3.05, 3.63) is 77.4 Å². The minimum Gasteiger partial charge on any atom is -0.496 e. The summed E-state index contributed by atoms with van der Waals surface area (Å²) in [6.45, 7) is 2.10. The maximum Gasteiger partial charge on any atom is 0.296 e. The number of nitrogens with zero attached hydrogens (tertiary/aromatic N) is 3. The molecule has 0 spiro atoms. The van der Waals surface area contributed by atoms with Gasteiger partial charge >= 0.3 is 0 Å². The highest BCUT2D eigenvalue weighted by molar-refractivity contribution is 7.98. The Hall–Kier alpha value is -3.50. The van der Waals surface area contributed by atoms with Gasteiger partial charge in [0.1, 0.15) is 18.2 Å². The summed E-state index contributed by atoms with van der Waals surface area (Å²) in [6, 6.07) is 14.2. The first kappa shape index (κ1) is 23.7. The Morgan fingerprint density at radius 1 is 1.18 bits per heavy atom. The molecule has 34 heavy (non-hydrogen) atoms. The molecule has 0 radical (unpaired) electrons. The van der Waals surface area contributed by atoms with Crippen LogP contribution in [-0.2, 0) is 6.61 Å². The number of nitrogens with one attached hydrogen (secondary N) is 1. The van der Waals surface area contributed by atoms with Gasteiger partial charge in [-0.1, -0.05) is 23.3 Å². The average molecular weight is 497 g/mol. The number of halogens is 1. The summed E-state index contributed by atoms with van der Waals surface area (Å²) in [4.78, 5) is 18.4. The van der Waals surface area contributed by atoms with Crippen molar-refractivity contribution >= 4 is 34.1 Å². The molecule has 1 N–H and O–H groups in total. The van der Waals surface area contributed by atoms with Crippen molar-refractivity contribution in [1.82, 2.24) is 15.2 Å². The number of benzene rings is 2. The normalized spacial score (nSPS) is 10.7. The molecule has 10 heteroatoms. The maximum atomic E-state index is 14.7. The molecular weight excluding hydrogens is 475 g/mol. The van der Waals surface area contributed by atoms with Gasteiger partial charge in [-0.2, -0.15) is 0 Å². The monoisotopic (exact) mass is 496 g/mol. The standard InChI is InChI=1S/C24H21FN4O3S2/c1-14-11-17(21-19(25)5-4-6-20(21)31-2)18(12-26-14)22(30)27-23-28-29-24(34-23)32-13-15-7-9-16(33-3)10-8-15/h4-12H,13H2,1-3H3,(H,27,28,30). The number of pyridine rings is 1. The van der Waals surface area contributed by atoms with E-state index in [1.807, 2.05) is 30.5 Å². The zero-order chi connectivity index (χ0) is 24.1. The predicted octanol–water partition coefficient (Wildman–Crippen LogP) is 5.61. The number of aromatic nitrogens is 3. The van der Waals surface area contributed by atoms with E-state index in [0.717, 1.165) is 16.9 Å². The van der Waals surface area contributed by atoms with E-state index < -0.39 is 11.7 Å². The molecule has 2 aromatic carbocycles. The number of hydrogen-bond donors (Lipinski definition) is 1. The van der Waals surface area contributed by atoms with Gasteiger partial charge in [-0.15, -0.1) is 16.9 Å². The molecule has 0 aliphatic rings. The van der Waals surface area contributed by atoms with Crippen molar-refractivity contribution in [1.29, 1.82) is 0 Å². The third kappa shape index (κ3) is 5.35. The summed E-state index contributed by atoms with van der Waals surface area (Å²) in [7, 11) is 1.45. The molecule has 7 nitrogen and oxygen atoms in total. The molecule has 0 aliphatic heterocycles. The molecule has 0 fully saturated rings. The highest BCUT2D eigenvalue weighted by atomic mass is 32.2. The lowest BCUT2D eigenvalue weighted by atomic mass is 9.98. The first-order valence-electron chi connectivity index (χ1n) is 10.2. The second-order valence-corrected chi connectivity index (χ2v) is 8.97. The fraction of sp³-hybridized carbons (Fsp3) is 0.167. The number of thioether (sulfide) groups is 1. The van der Waals surface area contributed by atoms with E-state index in [4.69, 9.17) is 9.47 Å². The van der Waals surface area contributed by atoms with Crippen LogP contribution in [0.3, 0.4) is 0 Å². The van der Waals surface area contributed by atoms with Gasteiger partial charge in [-0.25, -0.2) is 4.39 Å². The molecule has 2 aromatic heterocycles. The maximum absolute atomic E-state index is 14.7. The Morgan fingerprint density at radius 2 is 1.97 bits per heavy atom. The average Bonchev–Trinajstić information content (AvgIpc) is 3.29. The molecule has 2 heterocycles. The Kier molecular flexibility index (Phi) is 7.39. The molecule has 0 unspecified atom stereocenters.